The lowest BCUT2D eigenvalue weighted by Crippen LogP contribution is -2.36. The number of thiol groups is 1. The van der Waals surface area contributed by atoms with Gasteiger partial charge in [0, 0.05) is 35.8 Å². The topological polar surface area (TPSA) is 59.2 Å². The van der Waals surface area contributed by atoms with Gasteiger partial charge in [-0.2, -0.15) is 4.98 Å². The molecular formula is C20H23BrN3O2PS. The highest BCUT2D eigenvalue weighted by molar-refractivity contribution is 9.10. The normalized spacial score (nSPS) is 15.4. The minimum absolute atomic E-state index is 0.628. The summed E-state index contributed by atoms with van der Waals surface area (Å²) in [5, 5.41) is 4.16. The van der Waals surface area contributed by atoms with Crippen LogP contribution < -0.4 is 0 Å². The van der Waals surface area contributed by atoms with Crippen molar-refractivity contribution in [2.45, 2.75) is 25.8 Å². The van der Waals surface area contributed by atoms with Crippen LogP contribution in [0.5, 0.6) is 0 Å². The van der Waals surface area contributed by atoms with Gasteiger partial charge in [-0.25, -0.2) is 4.31 Å². The molecule has 0 fully saturated rings. The van der Waals surface area contributed by atoms with Crippen molar-refractivity contribution in [3.63, 3.8) is 0 Å². The average molecular weight is 480 g/mol. The molecule has 0 spiro atoms. The lowest BCUT2D eigenvalue weighted by Gasteiger charge is -2.34. The third kappa shape index (κ3) is 4.60. The van der Waals surface area contributed by atoms with E-state index in [1.807, 2.05) is 22.5 Å². The zero-order valence-corrected chi connectivity index (χ0v) is 19.3. The van der Waals surface area contributed by atoms with Crippen LogP contribution in [0.2, 0.25) is 0 Å². The molecule has 1 aromatic heterocycles. The predicted molar refractivity (Wildman–Crippen MR) is 121 cm³/mol. The Hall–Kier alpha value is -1.40. The fourth-order valence-electron chi connectivity index (χ4n) is 3.39. The van der Waals surface area contributed by atoms with Crippen molar-refractivity contribution in [2.75, 3.05) is 12.8 Å². The smallest absolute Gasteiger partial charge is 0.227 e. The lowest BCUT2D eigenvalue weighted by atomic mass is 9.98. The first kappa shape index (κ1) is 19.9. The van der Waals surface area contributed by atoms with Crippen molar-refractivity contribution in [1.82, 2.24) is 14.4 Å². The Labute approximate surface area is 176 Å². The Bertz CT molecular complexity index is 1030. The summed E-state index contributed by atoms with van der Waals surface area (Å²) in [4.78, 5) is 4.57. The standard InChI is InChI=1S/C20H23BrN3O2PS/c1-28(25,27)24-11-10-15-12-16(5-6-17(15)13-24)20-22-19(26-23-20)9-4-14-2-7-18(21)8-3-14/h2-3,5-8,12,28H,4,9-11,13,27H2,1H3. The molecule has 1 atom stereocenters. The third-order valence-corrected chi connectivity index (χ3v) is 8.00. The number of aromatic nitrogens is 2. The number of hydrogen-bond acceptors (Lipinski definition) is 4. The van der Waals surface area contributed by atoms with Crippen LogP contribution in [0, 0.1) is 0 Å². The van der Waals surface area contributed by atoms with Crippen molar-refractivity contribution in [3.8, 4) is 11.4 Å². The SMILES string of the molecule is C[SH](=O)(P)N1CCc2cc(-c3noc(CCc4ccc(Br)cc4)n3)ccc2C1. The van der Waals surface area contributed by atoms with Crippen molar-refractivity contribution < 1.29 is 8.73 Å². The van der Waals surface area contributed by atoms with Crippen LogP contribution in [0.25, 0.3) is 11.4 Å². The summed E-state index contributed by atoms with van der Waals surface area (Å²) in [6.45, 7) is 1.52. The van der Waals surface area contributed by atoms with Gasteiger partial charge in [-0.15, -0.1) is 0 Å². The Kier molecular flexibility index (Phi) is 5.79. The summed E-state index contributed by atoms with van der Waals surface area (Å²) in [7, 11) is 0.207. The molecule has 0 saturated heterocycles. The monoisotopic (exact) mass is 479 g/mol. The van der Waals surface area contributed by atoms with Gasteiger partial charge in [-0.1, -0.05) is 53.8 Å². The quantitative estimate of drug-likeness (QED) is 0.443. The molecule has 0 N–H and O–H groups in total. The van der Waals surface area contributed by atoms with E-state index in [9.17, 15) is 4.21 Å². The molecule has 0 amide bonds. The fraction of sp³-hybridized carbons (Fsp3) is 0.300. The summed E-state index contributed by atoms with van der Waals surface area (Å²) in [6.07, 6.45) is 4.26. The Morgan fingerprint density at radius 2 is 1.96 bits per heavy atom. The predicted octanol–water partition coefficient (Wildman–Crippen LogP) is 3.99. The van der Waals surface area contributed by atoms with Gasteiger partial charge in [-0.05, 0) is 57.5 Å². The third-order valence-electron chi connectivity index (χ3n) is 5.03. The molecule has 2 heterocycles. The summed E-state index contributed by atoms with van der Waals surface area (Å²) in [5.74, 6) is 1.28. The van der Waals surface area contributed by atoms with Crippen molar-refractivity contribution in [2.24, 2.45) is 0 Å². The van der Waals surface area contributed by atoms with E-state index in [1.54, 1.807) is 6.26 Å². The van der Waals surface area contributed by atoms with Crippen LogP contribution in [0.1, 0.15) is 22.6 Å². The number of halogens is 1. The number of rotatable bonds is 5. The summed E-state index contributed by atoms with van der Waals surface area (Å²) < 4.78 is 20.9. The molecule has 0 radical (unpaired) electrons. The second-order valence-corrected chi connectivity index (χ2v) is 13.4. The largest absolute Gasteiger partial charge is 0.339 e. The number of fused-ring (bicyclic) bond motifs is 1. The molecule has 0 saturated carbocycles. The molecule has 5 nitrogen and oxygen atoms in total. The minimum Gasteiger partial charge on any atom is -0.339 e. The first-order chi connectivity index (χ1) is 13.4. The van der Waals surface area contributed by atoms with Crippen molar-refractivity contribution >= 4 is 34.1 Å². The Morgan fingerprint density at radius 3 is 2.71 bits per heavy atom. The van der Waals surface area contributed by atoms with E-state index in [4.69, 9.17) is 4.52 Å². The van der Waals surface area contributed by atoms with Gasteiger partial charge in [0.15, 0.2) is 0 Å². The second kappa shape index (κ2) is 8.15. The van der Waals surface area contributed by atoms with Gasteiger partial charge < -0.3 is 4.52 Å². The highest BCUT2D eigenvalue weighted by atomic mass is 79.9. The van der Waals surface area contributed by atoms with Gasteiger partial charge in [0.1, 0.15) is 0 Å². The molecule has 1 aliphatic heterocycles. The molecule has 2 aromatic carbocycles. The molecule has 4 rings (SSSR count). The van der Waals surface area contributed by atoms with Crippen LogP contribution in [0.15, 0.2) is 51.5 Å². The molecule has 3 aromatic rings. The van der Waals surface area contributed by atoms with E-state index in [0.29, 0.717) is 18.1 Å². The van der Waals surface area contributed by atoms with Gasteiger partial charge in [0.2, 0.25) is 11.7 Å². The highest BCUT2D eigenvalue weighted by Crippen LogP contribution is 2.29. The van der Waals surface area contributed by atoms with E-state index in [2.05, 4.69) is 58.8 Å². The molecular weight excluding hydrogens is 457 g/mol. The average Bonchev–Trinajstić information content (AvgIpc) is 3.15. The van der Waals surface area contributed by atoms with Gasteiger partial charge >= 0.3 is 0 Å². The van der Waals surface area contributed by atoms with Crippen LogP contribution in [-0.4, -0.2) is 31.5 Å². The van der Waals surface area contributed by atoms with Gasteiger partial charge in [0.05, 0.1) is 0 Å². The molecule has 8 heteroatoms. The number of nitrogens with zero attached hydrogens (tertiary/aromatic N) is 3. The maximum Gasteiger partial charge on any atom is 0.227 e. The van der Waals surface area contributed by atoms with Crippen LogP contribution >= 0.6 is 24.4 Å². The Balaban J connectivity index is 1.45. The highest BCUT2D eigenvalue weighted by Gasteiger charge is 2.22. The van der Waals surface area contributed by atoms with Gasteiger partial charge in [-0.3, -0.25) is 4.21 Å². The number of hydrogen-bond donors (Lipinski definition) is 1. The minimum atomic E-state index is -2.29. The molecule has 1 unspecified atom stereocenters. The van der Waals surface area contributed by atoms with E-state index >= 15 is 0 Å². The molecule has 148 valence electrons. The van der Waals surface area contributed by atoms with Crippen LogP contribution in [0.3, 0.4) is 0 Å². The molecule has 1 aliphatic rings. The van der Waals surface area contributed by atoms with Crippen molar-refractivity contribution in [1.29, 1.82) is 0 Å². The Morgan fingerprint density at radius 1 is 1.18 bits per heavy atom. The number of benzene rings is 2. The van der Waals surface area contributed by atoms with E-state index in [-0.39, 0.29) is 0 Å². The maximum absolute atomic E-state index is 12.3. The van der Waals surface area contributed by atoms with E-state index in [0.717, 1.165) is 36.0 Å². The lowest BCUT2D eigenvalue weighted by molar-refractivity contribution is 0.379. The van der Waals surface area contributed by atoms with Crippen molar-refractivity contribution in [3.05, 3.63) is 69.5 Å². The summed E-state index contributed by atoms with van der Waals surface area (Å²) in [5.41, 5.74) is 4.70. The van der Waals surface area contributed by atoms with E-state index < -0.39 is 9.74 Å². The first-order valence-corrected chi connectivity index (χ1v) is 13.7. The maximum atomic E-state index is 12.3. The van der Waals surface area contributed by atoms with Crippen LogP contribution in [0.4, 0.5) is 0 Å². The second-order valence-electron chi connectivity index (χ2n) is 7.20. The van der Waals surface area contributed by atoms with E-state index in [1.165, 1.54) is 16.7 Å². The van der Waals surface area contributed by atoms with Gasteiger partial charge in [0.25, 0.3) is 0 Å². The zero-order valence-electron chi connectivity index (χ0n) is 15.6. The fourth-order valence-corrected chi connectivity index (χ4v) is 5.18. The van der Waals surface area contributed by atoms with Crippen LogP contribution in [-0.2, 0) is 35.5 Å². The molecule has 0 bridgehead atoms. The zero-order chi connectivity index (χ0) is 19.7. The summed E-state index contributed by atoms with van der Waals surface area (Å²) >= 11 is 3.45. The summed E-state index contributed by atoms with van der Waals surface area (Å²) in [6, 6.07) is 14.5. The molecule has 0 aliphatic carbocycles. The number of aryl methyl sites for hydroxylation is 2. The first-order valence-electron chi connectivity index (χ1n) is 9.19. The molecule has 28 heavy (non-hydrogen) atoms.